The minimum absolute atomic E-state index is 0.0469. The van der Waals surface area contributed by atoms with E-state index in [0.717, 1.165) is 25.7 Å². The predicted molar refractivity (Wildman–Crippen MR) is 98.7 cm³/mol. The number of nitrogens with one attached hydrogen (secondary N) is 2. The zero-order valence-electron chi connectivity index (χ0n) is 14.2. The highest BCUT2D eigenvalue weighted by Gasteiger charge is 2.36. The maximum atomic E-state index is 12.3. The molecule has 1 aliphatic heterocycles. The molecule has 0 bridgehead atoms. The van der Waals surface area contributed by atoms with Gasteiger partial charge in [0.05, 0.1) is 0 Å². The second-order valence-corrected chi connectivity index (χ2v) is 7.48. The van der Waals surface area contributed by atoms with E-state index in [1.165, 1.54) is 5.56 Å². The van der Waals surface area contributed by atoms with Crippen LogP contribution < -0.4 is 20.1 Å². The van der Waals surface area contributed by atoms with Gasteiger partial charge in [0.25, 0.3) is 0 Å². The molecule has 0 unspecified atom stereocenters. The summed E-state index contributed by atoms with van der Waals surface area (Å²) in [5.74, 6) is -0.108. The van der Waals surface area contributed by atoms with Gasteiger partial charge in [0.1, 0.15) is 0 Å². The Balaban J connectivity index is 1.37. The molecule has 0 spiro atoms. The maximum Gasteiger partial charge on any atom is 0.313 e. The molecule has 2 aliphatic rings. The summed E-state index contributed by atoms with van der Waals surface area (Å²) in [6.45, 7) is 0.648. The summed E-state index contributed by atoms with van der Waals surface area (Å²) in [5.41, 5.74) is 1.72. The van der Waals surface area contributed by atoms with Crippen molar-refractivity contribution < 1.29 is 19.1 Å². The van der Waals surface area contributed by atoms with Gasteiger partial charge in [-0.25, -0.2) is 0 Å². The lowest BCUT2D eigenvalue weighted by Crippen LogP contribution is -2.43. The number of benzene rings is 1. The largest absolute Gasteiger partial charge is 0.454 e. The van der Waals surface area contributed by atoms with Crippen molar-refractivity contribution in [2.24, 2.45) is 0 Å². The highest BCUT2D eigenvalue weighted by molar-refractivity contribution is 7.08. The van der Waals surface area contributed by atoms with E-state index in [1.807, 2.05) is 0 Å². The Kier molecular flexibility index (Phi) is 4.55. The number of ether oxygens (including phenoxy) is 2. The van der Waals surface area contributed by atoms with Crippen molar-refractivity contribution in [1.82, 2.24) is 5.32 Å². The van der Waals surface area contributed by atoms with Crippen LogP contribution in [0.2, 0.25) is 0 Å². The second-order valence-electron chi connectivity index (χ2n) is 6.70. The Hall–Kier alpha value is -2.54. The quantitative estimate of drug-likeness (QED) is 0.809. The van der Waals surface area contributed by atoms with Gasteiger partial charge in [0.2, 0.25) is 6.79 Å². The fourth-order valence-corrected chi connectivity index (χ4v) is 4.46. The van der Waals surface area contributed by atoms with Gasteiger partial charge in [-0.05, 0) is 47.4 Å². The number of hydrogen-bond acceptors (Lipinski definition) is 5. The van der Waals surface area contributed by atoms with Gasteiger partial charge in [0.15, 0.2) is 11.5 Å². The fraction of sp³-hybridized carbons (Fsp3) is 0.368. The summed E-state index contributed by atoms with van der Waals surface area (Å²) < 4.78 is 10.5. The highest BCUT2D eigenvalue weighted by atomic mass is 32.1. The van der Waals surface area contributed by atoms with E-state index in [0.29, 0.717) is 23.7 Å². The molecule has 4 rings (SSSR count). The maximum absolute atomic E-state index is 12.3. The van der Waals surface area contributed by atoms with Crippen molar-refractivity contribution in [3.8, 4) is 11.5 Å². The summed E-state index contributed by atoms with van der Waals surface area (Å²) in [5, 5.41) is 9.64. The average Bonchev–Trinajstić information content (AvgIpc) is 3.40. The molecule has 2 heterocycles. The first-order valence-electron chi connectivity index (χ1n) is 8.68. The number of rotatable bonds is 4. The lowest BCUT2D eigenvalue weighted by molar-refractivity contribution is -0.136. The molecule has 1 aliphatic carbocycles. The van der Waals surface area contributed by atoms with E-state index < -0.39 is 11.8 Å². The molecule has 7 heteroatoms. The number of amides is 2. The summed E-state index contributed by atoms with van der Waals surface area (Å²) >= 11 is 1.66. The van der Waals surface area contributed by atoms with E-state index in [1.54, 1.807) is 29.5 Å². The van der Waals surface area contributed by atoms with E-state index in [2.05, 4.69) is 27.5 Å². The highest BCUT2D eigenvalue weighted by Crippen LogP contribution is 2.41. The predicted octanol–water partition coefficient (Wildman–Crippen LogP) is 3.04. The number of fused-ring (bicyclic) bond motifs is 1. The molecule has 2 N–H and O–H groups in total. The van der Waals surface area contributed by atoms with Crippen LogP contribution >= 0.6 is 11.3 Å². The topological polar surface area (TPSA) is 76.7 Å². The molecule has 26 heavy (non-hydrogen) atoms. The van der Waals surface area contributed by atoms with Crippen LogP contribution in [0, 0.1) is 0 Å². The number of carbonyl (C=O) groups is 2. The lowest BCUT2D eigenvalue weighted by Gasteiger charge is -2.28. The van der Waals surface area contributed by atoms with E-state index in [9.17, 15) is 9.59 Å². The zero-order chi connectivity index (χ0) is 18.0. The molecule has 1 aromatic heterocycles. The molecule has 1 aromatic carbocycles. The summed E-state index contributed by atoms with van der Waals surface area (Å²) in [6.07, 6.45) is 4.37. The smallest absolute Gasteiger partial charge is 0.313 e. The van der Waals surface area contributed by atoms with Crippen LogP contribution in [0.1, 0.15) is 31.2 Å². The van der Waals surface area contributed by atoms with E-state index in [4.69, 9.17) is 9.47 Å². The number of thiophene rings is 1. The third kappa shape index (κ3) is 3.26. The van der Waals surface area contributed by atoms with Crippen LogP contribution in [-0.4, -0.2) is 25.2 Å². The minimum Gasteiger partial charge on any atom is -0.454 e. The van der Waals surface area contributed by atoms with Crippen molar-refractivity contribution in [2.75, 3.05) is 18.7 Å². The van der Waals surface area contributed by atoms with Gasteiger partial charge in [-0.15, -0.1) is 0 Å². The van der Waals surface area contributed by atoms with Gasteiger partial charge in [-0.2, -0.15) is 11.3 Å². The first kappa shape index (κ1) is 16.9. The minimum atomic E-state index is -0.678. The second kappa shape index (κ2) is 6.99. The van der Waals surface area contributed by atoms with Crippen molar-refractivity contribution in [3.05, 3.63) is 40.6 Å². The van der Waals surface area contributed by atoms with Crippen LogP contribution in [0.25, 0.3) is 0 Å². The molecule has 0 radical (unpaired) electrons. The molecule has 1 fully saturated rings. The van der Waals surface area contributed by atoms with Gasteiger partial charge in [-0.3, -0.25) is 9.59 Å². The number of hydrogen-bond donors (Lipinski definition) is 2. The lowest BCUT2D eigenvalue weighted by atomic mass is 9.80. The van der Waals surface area contributed by atoms with Crippen LogP contribution in [0.3, 0.4) is 0 Å². The summed E-state index contributed by atoms with van der Waals surface area (Å²) in [6, 6.07) is 7.16. The normalized spacial score (nSPS) is 17.1. The SMILES string of the molecule is O=C(NCC1(c2ccsc2)CCCC1)C(=O)Nc1ccc2c(c1)OCO2. The van der Waals surface area contributed by atoms with Gasteiger partial charge < -0.3 is 20.1 Å². The third-order valence-electron chi connectivity index (χ3n) is 5.12. The average molecular weight is 372 g/mol. The molecule has 2 amide bonds. The van der Waals surface area contributed by atoms with Crippen molar-refractivity contribution in [3.63, 3.8) is 0 Å². The van der Waals surface area contributed by atoms with Gasteiger partial charge in [0, 0.05) is 23.7 Å². The Morgan fingerprint density at radius 1 is 1.08 bits per heavy atom. The number of carbonyl (C=O) groups excluding carboxylic acids is 2. The van der Waals surface area contributed by atoms with Crippen molar-refractivity contribution >= 4 is 28.8 Å². The molecule has 0 saturated heterocycles. The molecular weight excluding hydrogens is 352 g/mol. The van der Waals surface area contributed by atoms with Crippen LogP contribution in [-0.2, 0) is 15.0 Å². The molecule has 0 atom stereocenters. The van der Waals surface area contributed by atoms with Crippen molar-refractivity contribution in [2.45, 2.75) is 31.1 Å². The first-order chi connectivity index (χ1) is 12.7. The molecule has 136 valence electrons. The molecular formula is C19H20N2O4S. The number of anilines is 1. The Bertz CT molecular complexity index is 813. The summed E-state index contributed by atoms with van der Waals surface area (Å²) in [4.78, 5) is 24.5. The van der Waals surface area contributed by atoms with Crippen LogP contribution in [0.5, 0.6) is 11.5 Å². The standard InChI is InChI=1S/C19H20N2O4S/c22-17(18(23)21-14-3-4-15-16(9-14)25-12-24-15)20-11-19(6-1-2-7-19)13-5-8-26-10-13/h3-5,8-10H,1-2,6-7,11-12H2,(H,20,22)(H,21,23). The molecule has 1 saturated carbocycles. The zero-order valence-corrected chi connectivity index (χ0v) is 15.1. The third-order valence-corrected chi connectivity index (χ3v) is 5.80. The van der Waals surface area contributed by atoms with Crippen LogP contribution in [0.15, 0.2) is 35.0 Å². The summed E-state index contributed by atoms with van der Waals surface area (Å²) in [7, 11) is 0. The van der Waals surface area contributed by atoms with Gasteiger partial charge >= 0.3 is 11.8 Å². The fourth-order valence-electron chi connectivity index (χ4n) is 3.68. The van der Waals surface area contributed by atoms with E-state index >= 15 is 0 Å². The Morgan fingerprint density at radius 3 is 2.65 bits per heavy atom. The van der Waals surface area contributed by atoms with Crippen molar-refractivity contribution in [1.29, 1.82) is 0 Å². The first-order valence-corrected chi connectivity index (χ1v) is 9.62. The Morgan fingerprint density at radius 2 is 1.88 bits per heavy atom. The van der Waals surface area contributed by atoms with E-state index in [-0.39, 0.29) is 12.2 Å². The molecule has 6 nitrogen and oxygen atoms in total. The monoisotopic (exact) mass is 372 g/mol. The Labute approximate surface area is 155 Å². The van der Waals surface area contributed by atoms with Gasteiger partial charge in [-0.1, -0.05) is 12.8 Å². The van der Waals surface area contributed by atoms with Crippen LogP contribution in [0.4, 0.5) is 5.69 Å². The molecule has 2 aromatic rings.